The molecule has 1 aliphatic carbocycles. The summed E-state index contributed by atoms with van der Waals surface area (Å²) in [5.41, 5.74) is 5.32. The molecule has 0 aliphatic heterocycles. The Labute approximate surface area is 122 Å². The highest BCUT2D eigenvalue weighted by Gasteiger charge is 2.32. The standard InChI is InChI=1S/C15H20F2N2O2/c1-10(20)19-15(18)7-5-11(6-8-15)21-9-12-13(16)3-2-4-14(12)17/h2-4,11H,5-9,18H2,1H3,(H,19,20). The maximum absolute atomic E-state index is 13.5. The number of carbonyl (C=O) groups excluding carboxylic acids is 1. The van der Waals surface area contributed by atoms with Crippen LogP contribution in [-0.4, -0.2) is 17.7 Å². The molecule has 1 amide bonds. The molecule has 6 heteroatoms. The van der Waals surface area contributed by atoms with Crippen molar-refractivity contribution < 1.29 is 18.3 Å². The highest BCUT2D eigenvalue weighted by atomic mass is 19.1. The molecule has 1 fully saturated rings. The zero-order chi connectivity index (χ0) is 15.5. The Balaban J connectivity index is 1.86. The van der Waals surface area contributed by atoms with Gasteiger partial charge in [-0.15, -0.1) is 0 Å². The maximum atomic E-state index is 13.5. The van der Waals surface area contributed by atoms with Crippen molar-refractivity contribution in [2.45, 2.75) is 51.0 Å². The van der Waals surface area contributed by atoms with Gasteiger partial charge in [0.25, 0.3) is 0 Å². The summed E-state index contributed by atoms with van der Waals surface area (Å²) in [6.07, 6.45) is 2.35. The van der Waals surface area contributed by atoms with Gasteiger partial charge in [0.15, 0.2) is 0 Å². The third kappa shape index (κ3) is 4.22. The first kappa shape index (κ1) is 15.9. The summed E-state index contributed by atoms with van der Waals surface area (Å²) >= 11 is 0. The van der Waals surface area contributed by atoms with E-state index in [0.29, 0.717) is 25.7 Å². The number of halogens is 2. The lowest BCUT2D eigenvalue weighted by molar-refractivity contribution is -0.121. The van der Waals surface area contributed by atoms with E-state index in [-0.39, 0.29) is 24.2 Å². The van der Waals surface area contributed by atoms with Gasteiger partial charge >= 0.3 is 0 Å². The lowest BCUT2D eigenvalue weighted by Crippen LogP contribution is -2.57. The molecule has 2 rings (SSSR count). The smallest absolute Gasteiger partial charge is 0.218 e. The van der Waals surface area contributed by atoms with Crippen LogP contribution in [0.4, 0.5) is 8.78 Å². The van der Waals surface area contributed by atoms with Crippen LogP contribution in [-0.2, 0) is 16.1 Å². The average molecular weight is 298 g/mol. The molecule has 1 aliphatic rings. The molecular formula is C15H20F2N2O2. The van der Waals surface area contributed by atoms with Gasteiger partial charge in [-0.1, -0.05) is 6.07 Å². The molecular weight excluding hydrogens is 278 g/mol. The van der Waals surface area contributed by atoms with Gasteiger partial charge in [0.05, 0.1) is 18.4 Å². The molecule has 0 bridgehead atoms. The Morgan fingerprint density at radius 2 is 1.95 bits per heavy atom. The zero-order valence-corrected chi connectivity index (χ0v) is 12.0. The number of rotatable bonds is 4. The van der Waals surface area contributed by atoms with Gasteiger partial charge in [-0.25, -0.2) is 8.78 Å². The van der Waals surface area contributed by atoms with Gasteiger partial charge in [-0.05, 0) is 37.8 Å². The summed E-state index contributed by atoms with van der Waals surface area (Å²) in [5.74, 6) is -1.36. The fraction of sp³-hybridized carbons (Fsp3) is 0.533. The van der Waals surface area contributed by atoms with Crippen molar-refractivity contribution >= 4 is 5.91 Å². The van der Waals surface area contributed by atoms with Crippen LogP contribution >= 0.6 is 0 Å². The monoisotopic (exact) mass is 298 g/mol. The molecule has 4 nitrogen and oxygen atoms in total. The van der Waals surface area contributed by atoms with Crippen LogP contribution in [0, 0.1) is 11.6 Å². The SMILES string of the molecule is CC(=O)NC1(N)CCC(OCc2c(F)cccc2F)CC1. The van der Waals surface area contributed by atoms with Crippen molar-refractivity contribution in [2.75, 3.05) is 0 Å². The number of amides is 1. The topological polar surface area (TPSA) is 64.4 Å². The van der Waals surface area contributed by atoms with E-state index in [0.717, 1.165) is 0 Å². The predicted molar refractivity (Wildman–Crippen MR) is 74.1 cm³/mol. The first-order chi connectivity index (χ1) is 9.89. The first-order valence-corrected chi connectivity index (χ1v) is 7.02. The predicted octanol–water partition coefficient (Wildman–Crippen LogP) is 2.22. The molecule has 3 N–H and O–H groups in total. The summed E-state index contributed by atoms with van der Waals surface area (Å²) in [4.78, 5) is 11.1. The number of nitrogens with one attached hydrogen (secondary N) is 1. The number of ether oxygens (including phenoxy) is 1. The number of benzene rings is 1. The maximum Gasteiger partial charge on any atom is 0.218 e. The minimum atomic E-state index is -0.699. The molecule has 1 saturated carbocycles. The summed E-state index contributed by atoms with van der Waals surface area (Å²) in [5, 5.41) is 2.73. The highest BCUT2D eigenvalue weighted by molar-refractivity contribution is 5.73. The Bertz CT molecular complexity index is 494. The van der Waals surface area contributed by atoms with E-state index in [1.54, 1.807) is 0 Å². The van der Waals surface area contributed by atoms with Gasteiger partial charge in [-0.2, -0.15) is 0 Å². The van der Waals surface area contributed by atoms with Crippen molar-refractivity contribution in [1.29, 1.82) is 0 Å². The van der Waals surface area contributed by atoms with E-state index in [1.807, 2.05) is 0 Å². The molecule has 0 aromatic heterocycles. The Kier molecular flexibility index (Phi) is 4.90. The summed E-state index contributed by atoms with van der Waals surface area (Å²) < 4.78 is 32.5. The van der Waals surface area contributed by atoms with Crippen molar-refractivity contribution in [3.05, 3.63) is 35.4 Å². The molecule has 0 spiro atoms. The van der Waals surface area contributed by atoms with E-state index in [9.17, 15) is 13.6 Å². The molecule has 0 saturated heterocycles. The molecule has 116 valence electrons. The third-order valence-corrected chi connectivity index (χ3v) is 3.77. The summed E-state index contributed by atoms with van der Waals surface area (Å²) in [6, 6.07) is 3.75. The molecule has 0 unspecified atom stereocenters. The van der Waals surface area contributed by atoms with Gasteiger partial charge < -0.3 is 15.8 Å². The summed E-state index contributed by atoms with van der Waals surface area (Å²) in [6.45, 7) is 1.33. The Morgan fingerprint density at radius 1 is 1.38 bits per heavy atom. The quantitative estimate of drug-likeness (QED) is 0.838. The van der Waals surface area contributed by atoms with Gasteiger partial charge in [0.2, 0.25) is 5.91 Å². The molecule has 0 heterocycles. The van der Waals surface area contributed by atoms with E-state index >= 15 is 0 Å². The van der Waals surface area contributed by atoms with Crippen molar-refractivity contribution in [2.24, 2.45) is 5.73 Å². The van der Waals surface area contributed by atoms with Gasteiger partial charge in [0, 0.05) is 12.5 Å². The van der Waals surface area contributed by atoms with Crippen LogP contribution in [0.1, 0.15) is 38.2 Å². The zero-order valence-electron chi connectivity index (χ0n) is 12.0. The molecule has 21 heavy (non-hydrogen) atoms. The van der Waals surface area contributed by atoms with E-state index in [4.69, 9.17) is 10.5 Å². The highest BCUT2D eigenvalue weighted by Crippen LogP contribution is 2.27. The Hall–Kier alpha value is -1.53. The fourth-order valence-corrected chi connectivity index (χ4v) is 2.62. The second-order valence-electron chi connectivity index (χ2n) is 5.55. The van der Waals surface area contributed by atoms with Crippen LogP contribution in [0.25, 0.3) is 0 Å². The molecule has 1 aromatic rings. The van der Waals surface area contributed by atoms with Crippen LogP contribution in [0.5, 0.6) is 0 Å². The van der Waals surface area contributed by atoms with E-state index < -0.39 is 17.3 Å². The third-order valence-electron chi connectivity index (χ3n) is 3.77. The van der Waals surface area contributed by atoms with Crippen LogP contribution in [0.15, 0.2) is 18.2 Å². The molecule has 0 radical (unpaired) electrons. The van der Waals surface area contributed by atoms with Crippen molar-refractivity contribution in [3.63, 3.8) is 0 Å². The Morgan fingerprint density at radius 3 is 2.48 bits per heavy atom. The number of hydrogen-bond acceptors (Lipinski definition) is 3. The minimum absolute atomic E-state index is 0.0519. The largest absolute Gasteiger partial charge is 0.373 e. The van der Waals surface area contributed by atoms with Crippen molar-refractivity contribution in [3.8, 4) is 0 Å². The van der Waals surface area contributed by atoms with E-state index in [1.165, 1.54) is 25.1 Å². The van der Waals surface area contributed by atoms with Crippen LogP contribution < -0.4 is 11.1 Å². The summed E-state index contributed by atoms with van der Waals surface area (Å²) in [7, 11) is 0. The van der Waals surface area contributed by atoms with Gasteiger partial charge in [-0.3, -0.25) is 4.79 Å². The lowest BCUT2D eigenvalue weighted by atomic mass is 9.87. The van der Waals surface area contributed by atoms with E-state index in [2.05, 4.69) is 5.32 Å². The van der Waals surface area contributed by atoms with Crippen molar-refractivity contribution in [1.82, 2.24) is 5.32 Å². The molecule has 0 atom stereocenters. The van der Waals surface area contributed by atoms with Crippen LogP contribution in [0.3, 0.4) is 0 Å². The number of hydrogen-bond donors (Lipinski definition) is 2. The lowest BCUT2D eigenvalue weighted by Gasteiger charge is -2.37. The minimum Gasteiger partial charge on any atom is -0.373 e. The second kappa shape index (κ2) is 6.49. The van der Waals surface area contributed by atoms with Gasteiger partial charge in [0.1, 0.15) is 11.6 Å². The first-order valence-electron chi connectivity index (χ1n) is 7.02. The number of nitrogens with two attached hydrogens (primary N) is 1. The normalized spacial score (nSPS) is 25.6. The number of carbonyl (C=O) groups is 1. The second-order valence-corrected chi connectivity index (χ2v) is 5.55. The fourth-order valence-electron chi connectivity index (χ4n) is 2.62. The molecule has 1 aromatic carbocycles. The van der Waals surface area contributed by atoms with Crippen LogP contribution in [0.2, 0.25) is 0 Å². The average Bonchev–Trinajstić information content (AvgIpc) is 2.39.